The summed E-state index contributed by atoms with van der Waals surface area (Å²) in [6, 6.07) is 10.4. The van der Waals surface area contributed by atoms with Gasteiger partial charge in [0.05, 0.1) is 4.92 Å². The van der Waals surface area contributed by atoms with Crippen molar-refractivity contribution in [1.82, 2.24) is 0 Å². The SMILES string of the molecule is CCCN(Cc1ccc(Cl)cc1Cl)c1ccc(Br)cc1[N+](=O)[O-]. The fourth-order valence-electron chi connectivity index (χ4n) is 2.32. The summed E-state index contributed by atoms with van der Waals surface area (Å²) < 4.78 is 0.675. The quantitative estimate of drug-likeness (QED) is 0.422. The molecule has 0 amide bonds. The van der Waals surface area contributed by atoms with Crippen LogP contribution in [-0.2, 0) is 6.54 Å². The molecule has 0 unspecified atom stereocenters. The molecular formula is C16H15BrCl2N2O2. The summed E-state index contributed by atoms with van der Waals surface area (Å²) >= 11 is 15.4. The van der Waals surface area contributed by atoms with Crippen molar-refractivity contribution in [2.45, 2.75) is 19.9 Å². The standard InChI is InChI=1S/C16H15BrCl2N2O2/c1-2-7-20(10-11-3-5-13(18)9-14(11)19)15-6-4-12(17)8-16(15)21(22)23/h3-6,8-9H,2,7,10H2,1H3. The van der Waals surface area contributed by atoms with E-state index in [-0.39, 0.29) is 10.6 Å². The summed E-state index contributed by atoms with van der Waals surface area (Å²) in [6.45, 7) is 3.19. The lowest BCUT2D eigenvalue weighted by atomic mass is 10.1. The van der Waals surface area contributed by atoms with Crippen LogP contribution in [-0.4, -0.2) is 11.5 Å². The van der Waals surface area contributed by atoms with Crippen molar-refractivity contribution in [3.05, 3.63) is 66.6 Å². The van der Waals surface area contributed by atoms with E-state index >= 15 is 0 Å². The third-order valence-electron chi connectivity index (χ3n) is 3.34. The zero-order chi connectivity index (χ0) is 17.0. The van der Waals surface area contributed by atoms with E-state index in [1.54, 1.807) is 24.3 Å². The average molecular weight is 418 g/mol. The zero-order valence-corrected chi connectivity index (χ0v) is 15.5. The Morgan fingerprint density at radius 1 is 1.22 bits per heavy atom. The first-order valence-corrected chi connectivity index (χ1v) is 8.60. The first kappa shape index (κ1) is 18.0. The molecule has 2 rings (SSSR count). The molecular weight excluding hydrogens is 403 g/mol. The molecule has 0 aliphatic carbocycles. The number of hydrogen-bond donors (Lipinski definition) is 0. The van der Waals surface area contributed by atoms with Crippen molar-refractivity contribution in [1.29, 1.82) is 0 Å². The first-order valence-electron chi connectivity index (χ1n) is 7.05. The second-order valence-corrected chi connectivity index (χ2v) is 6.81. The molecule has 0 heterocycles. The van der Waals surface area contributed by atoms with Crippen molar-refractivity contribution < 1.29 is 4.92 Å². The lowest BCUT2D eigenvalue weighted by Gasteiger charge is -2.25. The van der Waals surface area contributed by atoms with Crippen molar-refractivity contribution in [2.75, 3.05) is 11.4 Å². The molecule has 0 saturated heterocycles. The molecule has 0 N–H and O–H groups in total. The second kappa shape index (κ2) is 7.99. The van der Waals surface area contributed by atoms with Gasteiger partial charge in [0, 0.05) is 33.7 Å². The Morgan fingerprint density at radius 2 is 1.96 bits per heavy atom. The number of nitro benzene ring substituents is 1. The molecule has 0 fully saturated rings. The third-order valence-corrected chi connectivity index (χ3v) is 4.42. The summed E-state index contributed by atoms with van der Waals surface area (Å²) in [7, 11) is 0. The summed E-state index contributed by atoms with van der Waals surface area (Å²) in [4.78, 5) is 13.0. The van der Waals surface area contributed by atoms with Crippen LogP contribution in [0.4, 0.5) is 11.4 Å². The summed E-state index contributed by atoms with van der Waals surface area (Å²) in [5.41, 5.74) is 1.52. The van der Waals surface area contributed by atoms with Gasteiger partial charge < -0.3 is 4.90 Å². The molecule has 0 spiro atoms. The van der Waals surface area contributed by atoms with Crippen LogP contribution in [0.1, 0.15) is 18.9 Å². The molecule has 122 valence electrons. The number of rotatable bonds is 6. The molecule has 0 aromatic heterocycles. The van der Waals surface area contributed by atoms with Gasteiger partial charge in [-0.3, -0.25) is 10.1 Å². The van der Waals surface area contributed by atoms with Gasteiger partial charge in [-0.05, 0) is 36.2 Å². The Hall–Kier alpha value is -1.30. The van der Waals surface area contributed by atoms with Crippen LogP contribution in [0.3, 0.4) is 0 Å². The van der Waals surface area contributed by atoms with Gasteiger partial charge in [0.2, 0.25) is 0 Å². The first-order chi connectivity index (χ1) is 10.9. The van der Waals surface area contributed by atoms with Gasteiger partial charge in [-0.1, -0.05) is 52.1 Å². The Morgan fingerprint density at radius 3 is 2.57 bits per heavy atom. The minimum atomic E-state index is -0.369. The minimum absolute atomic E-state index is 0.0675. The van der Waals surface area contributed by atoms with E-state index < -0.39 is 0 Å². The van der Waals surface area contributed by atoms with Gasteiger partial charge in [0.1, 0.15) is 5.69 Å². The highest BCUT2D eigenvalue weighted by Crippen LogP contribution is 2.33. The van der Waals surface area contributed by atoms with Gasteiger partial charge in [-0.15, -0.1) is 0 Å². The molecule has 0 atom stereocenters. The number of nitro groups is 1. The molecule has 0 bridgehead atoms. The number of benzene rings is 2. The number of hydrogen-bond acceptors (Lipinski definition) is 3. The van der Waals surface area contributed by atoms with Crippen LogP contribution in [0.5, 0.6) is 0 Å². The van der Waals surface area contributed by atoms with Gasteiger partial charge in [0.15, 0.2) is 0 Å². The van der Waals surface area contributed by atoms with Crippen LogP contribution >= 0.6 is 39.1 Å². The van der Waals surface area contributed by atoms with E-state index in [9.17, 15) is 10.1 Å². The highest BCUT2D eigenvalue weighted by molar-refractivity contribution is 9.10. The Kier molecular flexibility index (Phi) is 6.27. The van der Waals surface area contributed by atoms with E-state index in [1.807, 2.05) is 17.9 Å². The molecule has 2 aromatic carbocycles. The van der Waals surface area contributed by atoms with E-state index in [2.05, 4.69) is 15.9 Å². The normalized spacial score (nSPS) is 10.6. The van der Waals surface area contributed by atoms with Crippen LogP contribution < -0.4 is 4.90 Å². The topological polar surface area (TPSA) is 46.4 Å². The molecule has 0 radical (unpaired) electrons. The molecule has 0 saturated carbocycles. The van der Waals surface area contributed by atoms with Crippen LogP contribution in [0, 0.1) is 10.1 Å². The number of halogens is 3. The summed E-state index contributed by atoms with van der Waals surface area (Å²) in [6.07, 6.45) is 0.860. The number of nitrogens with zero attached hydrogens (tertiary/aromatic N) is 2. The molecule has 23 heavy (non-hydrogen) atoms. The fraction of sp³-hybridized carbons (Fsp3) is 0.250. The van der Waals surface area contributed by atoms with E-state index in [0.29, 0.717) is 33.3 Å². The lowest BCUT2D eigenvalue weighted by molar-refractivity contribution is -0.384. The zero-order valence-electron chi connectivity index (χ0n) is 12.4. The van der Waals surface area contributed by atoms with Crippen LogP contribution in [0.2, 0.25) is 10.0 Å². The largest absolute Gasteiger partial charge is 0.362 e. The lowest BCUT2D eigenvalue weighted by Crippen LogP contribution is -2.24. The van der Waals surface area contributed by atoms with Crippen molar-refractivity contribution in [3.63, 3.8) is 0 Å². The highest BCUT2D eigenvalue weighted by Gasteiger charge is 2.20. The number of anilines is 1. The van der Waals surface area contributed by atoms with E-state index in [4.69, 9.17) is 23.2 Å². The molecule has 4 nitrogen and oxygen atoms in total. The molecule has 0 aliphatic heterocycles. The van der Waals surface area contributed by atoms with E-state index in [0.717, 1.165) is 12.0 Å². The fourth-order valence-corrected chi connectivity index (χ4v) is 3.14. The smallest absolute Gasteiger partial charge is 0.293 e. The Labute approximate surface area is 153 Å². The molecule has 7 heteroatoms. The second-order valence-electron chi connectivity index (χ2n) is 5.05. The minimum Gasteiger partial charge on any atom is -0.362 e. The summed E-state index contributed by atoms with van der Waals surface area (Å²) in [5, 5.41) is 12.5. The average Bonchev–Trinajstić information content (AvgIpc) is 2.49. The molecule has 0 aliphatic rings. The Bertz CT molecular complexity index is 725. The maximum atomic E-state index is 11.4. The highest BCUT2D eigenvalue weighted by atomic mass is 79.9. The van der Waals surface area contributed by atoms with Crippen molar-refractivity contribution in [3.8, 4) is 0 Å². The van der Waals surface area contributed by atoms with Gasteiger partial charge in [-0.2, -0.15) is 0 Å². The van der Waals surface area contributed by atoms with Crippen LogP contribution in [0.15, 0.2) is 40.9 Å². The molecule has 2 aromatic rings. The van der Waals surface area contributed by atoms with Gasteiger partial charge in [0.25, 0.3) is 5.69 Å². The van der Waals surface area contributed by atoms with Crippen LogP contribution in [0.25, 0.3) is 0 Å². The monoisotopic (exact) mass is 416 g/mol. The van der Waals surface area contributed by atoms with Gasteiger partial charge in [-0.25, -0.2) is 0 Å². The third kappa shape index (κ3) is 4.59. The maximum absolute atomic E-state index is 11.4. The Balaban J connectivity index is 2.40. The van der Waals surface area contributed by atoms with E-state index in [1.165, 1.54) is 6.07 Å². The van der Waals surface area contributed by atoms with Crippen molar-refractivity contribution in [2.24, 2.45) is 0 Å². The van der Waals surface area contributed by atoms with Gasteiger partial charge >= 0.3 is 0 Å². The predicted octanol–water partition coefficient (Wildman–Crippen LogP) is 6.08. The maximum Gasteiger partial charge on any atom is 0.293 e. The summed E-state index contributed by atoms with van der Waals surface area (Å²) in [5.74, 6) is 0. The predicted molar refractivity (Wildman–Crippen MR) is 98.6 cm³/mol. The van der Waals surface area contributed by atoms with Crippen molar-refractivity contribution >= 4 is 50.5 Å².